The molecule has 0 aliphatic rings. The molecule has 5 nitrogen and oxygen atoms in total. The summed E-state index contributed by atoms with van der Waals surface area (Å²) in [4.78, 5) is 10.8. The van der Waals surface area contributed by atoms with Crippen LogP contribution in [0.1, 0.15) is 16.0 Å². The molecule has 0 radical (unpaired) electrons. The molecule has 0 aliphatic heterocycles. The smallest absolute Gasteiger partial charge is 0.158 e. The van der Waals surface area contributed by atoms with E-state index in [9.17, 15) is 0 Å². The summed E-state index contributed by atoms with van der Waals surface area (Å²) in [6.07, 6.45) is 3.30. The highest BCUT2D eigenvalue weighted by Gasteiger charge is 2.11. The van der Waals surface area contributed by atoms with Gasteiger partial charge in [0.15, 0.2) is 5.82 Å². The molecular weight excluding hydrogens is 296 g/mol. The highest BCUT2D eigenvalue weighted by Crippen LogP contribution is 2.32. The van der Waals surface area contributed by atoms with Crippen molar-refractivity contribution in [3.05, 3.63) is 46.6 Å². The number of anilines is 1. The van der Waals surface area contributed by atoms with Gasteiger partial charge in [0.05, 0.1) is 18.7 Å². The molecule has 0 aliphatic carbocycles. The molecule has 3 aromatic rings. The van der Waals surface area contributed by atoms with Crippen molar-refractivity contribution in [2.45, 2.75) is 13.8 Å². The van der Waals surface area contributed by atoms with Crippen LogP contribution in [0.25, 0.3) is 10.2 Å². The molecule has 1 aromatic carbocycles. The molecule has 2 aromatic heterocycles. The molecule has 0 saturated heterocycles. The van der Waals surface area contributed by atoms with E-state index in [1.807, 2.05) is 24.3 Å². The van der Waals surface area contributed by atoms with Crippen molar-refractivity contribution in [2.75, 3.05) is 12.5 Å². The lowest BCUT2D eigenvalue weighted by Crippen LogP contribution is -1.95. The normalized spacial score (nSPS) is 11.2. The number of hydrogen-bond donors (Lipinski definition) is 1. The van der Waals surface area contributed by atoms with Crippen molar-refractivity contribution in [1.29, 1.82) is 0 Å². The molecule has 3 rings (SSSR count). The quantitative estimate of drug-likeness (QED) is 0.588. The van der Waals surface area contributed by atoms with E-state index in [2.05, 4.69) is 34.3 Å². The van der Waals surface area contributed by atoms with Gasteiger partial charge in [-0.15, -0.1) is 11.3 Å². The maximum atomic E-state index is 5.19. The van der Waals surface area contributed by atoms with Crippen LogP contribution >= 0.6 is 11.3 Å². The summed E-state index contributed by atoms with van der Waals surface area (Å²) in [5, 5.41) is 5.31. The van der Waals surface area contributed by atoms with Crippen molar-refractivity contribution < 1.29 is 4.74 Å². The Morgan fingerprint density at radius 2 is 2.14 bits per heavy atom. The van der Waals surface area contributed by atoms with Crippen molar-refractivity contribution in [3.63, 3.8) is 0 Å². The van der Waals surface area contributed by atoms with Crippen LogP contribution in [0.4, 0.5) is 5.82 Å². The second-order valence-electron chi connectivity index (χ2n) is 4.83. The number of benzene rings is 1. The average molecular weight is 312 g/mol. The molecule has 0 saturated carbocycles. The molecule has 1 N–H and O–H groups in total. The van der Waals surface area contributed by atoms with Crippen molar-refractivity contribution in [2.24, 2.45) is 5.10 Å². The van der Waals surface area contributed by atoms with Crippen molar-refractivity contribution >= 4 is 33.6 Å². The van der Waals surface area contributed by atoms with Crippen LogP contribution in [-0.2, 0) is 0 Å². The lowest BCUT2D eigenvalue weighted by atomic mass is 10.2. The topological polar surface area (TPSA) is 59.4 Å². The fraction of sp³-hybridized carbons (Fsp3) is 0.188. The Kier molecular flexibility index (Phi) is 4.02. The first-order chi connectivity index (χ1) is 10.7. The summed E-state index contributed by atoms with van der Waals surface area (Å²) in [6.45, 7) is 4.17. The highest BCUT2D eigenvalue weighted by atomic mass is 32.1. The van der Waals surface area contributed by atoms with Gasteiger partial charge in [-0.25, -0.2) is 9.97 Å². The zero-order chi connectivity index (χ0) is 15.5. The Hall–Kier alpha value is -2.47. The summed E-state index contributed by atoms with van der Waals surface area (Å²) in [6, 6.07) is 7.70. The fourth-order valence-corrected chi connectivity index (χ4v) is 3.15. The molecular formula is C16H16N4OS. The Morgan fingerprint density at radius 1 is 1.27 bits per heavy atom. The van der Waals surface area contributed by atoms with Crippen LogP contribution in [0.5, 0.6) is 5.75 Å². The Balaban J connectivity index is 1.86. The Morgan fingerprint density at radius 3 is 2.95 bits per heavy atom. The van der Waals surface area contributed by atoms with Gasteiger partial charge in [0.25, 0.3) is 0 Å². The summed E-state index contributed by atoms with van der Waals surface area (Å²) in [7, 11) is 1.65. The van der Waals surface area contributed by atoms with Crippen LogP contribution in [0.3, 0.4) is 0 Å². The monoisotopic (exact) mass is 312 g/mol. The minimum atomic E-state index is 0.728. The number of nitrogens with zero attached hydrogens (tertiary/aromatic N) is 3. The number of fused-ring (bicyclic) bond motifs is 1. The molecule has 0 fully saturated rings. The van der Waals surface area contributed by atoms with E-state index in [-0.39, 0.29) is 0 Å². The summed E-state index contributed by atoms with van der Waals surface area (Å²) in [5.74, 6) is 1.53. The molecule has 0 amide bonds. The molecule has 2 heterocycles. The van der Waals surface area contributed by atoms with Gasteiger partial charge in [-0.3, -0.25) is 5.43 Å². The molecule has 0 unspecified atom stereocenters. The van der Waals surface area contributed by atoms with E-state index in [0.717, 1.165) is 27.3 Å². The summed E-state index contributed by atoms with van der Waals surface area (Å²) in [5.41, 5.74) is 5.16. The van der Waals surface area contributed by atoms with Crippen LogP contribution in [0.15, 0.2) is 35.7 Å². The first-order valence-corrected chi connectivity index (χ1v) is 7.64. The summed E-state index contributed by atoms with van der Waals surface area (Å²) >= 11 is 1.67. The Bertz CT molecular complexity index is 841. The SMILES string of the molecule is COc1cccc(/C=N\Nc2ncnc3sc(C)c(C)c23)c1. The van der Waals surface area contributed by atoms with Crippen molar-refractivity contribution in [1.82, 2.24) is 9.97 Å². The predicted octanol–water partition coefficient (Wildman–Crippen LogP) is 3.76. The van der Waals surface area contributed by atoms with Crippen LogP contribution < -0.4 is 10.2 Å². The molecule has 0 bridgehead atoms. The third-order valence-electron chi connectivity index (χ3n) is 3.44. The number of methoxy groups -OCH3 is 1. The van der Waals surface area contributed by atoms with E-state index in [1.165, 1.54) is 10.4 Å². The van der Waals surface area contributed by atoms with Crippen LogP contribution in [0, 0.1) is 13.8 Å². The van der Waals surface area contributed by atoms with Gasteiger partial charge in [0.1, 0.15) is 16.9 Å². The molecule has 0 atom stereocenters. The van der Waals surface area contributed by atoms with Gasteiger partial charge in [-0.05, 0) is 37.1 Å². The van der Waals surface area contributed by atoms with E-state index in [0.29, 0.717) is 0 Å². The number of rotatable bonds is 4. The lowest BCUT2D eigenvalue weighted by Gasteiger charge is -2.02. The predicted molar refractivity (Wildman–Crippen MR) is 91.1 cm³/mol. The number of hydrazone groups is 1. The maximum Gasteiger partial charge on any atom is 0.158 e. The minimum Gasteiger partial charge on any atom is -0.497 e. The van der Waals surface area contributed by atoms with Gasteiger partial charge in [0.2, 0.25) is 0 Å². The van der Waals surface area contributed by atoms with E-state index in [1.54, 1.807) is 31.0 Å². The largest absolute Gasteiger partial charge is 0.497 e. The minimum absolute atomic E-state index is 0.728. The zero-order valence-electron chi connectivity index (χ0n) is 12.6. The number of aromatic nitrogens is 2. The number of hydrogen-bond acceptors (Lipinski definition) is 6. The zero-order valence-corrected chi connectivity index (χ0v) is 13.4. The first-order valence-electron chi connectivity index (χ1n) is 6.83. The molecule has 22 heavy (non-hydrogen) atoms. The summed E-state index contributed by atoms with van der Waals surface area (Å²) < 4.78 is 5.19. The lowest BCUT2D eigenvalue weighted by molar-refractivity contribution is 0.415. The average Bonchev–Trinajstić information content (AvgIpc) is 2.83. The van der Waals surface area contributed by atoms with Gasteiger partial charge < -0.3 is 4.74 Å². The van der Waals surface area contributed by atoms with E-state index < -0.39 is 0 Å². The first kappa shape index (κ1) is 14.5. The van der Waals surface area contributed by atoms with Gasteiger partial charge in [-0.2, -0.15) is 5.10 Å². The third kappa shape index (κ3) is 2.78. The van der Waals surface area contributed by atoms with Crippen molar-refractivity contribution in [3.8, 4) is 5.75 Å². The number of nitrogens with one attached hydrogen (secondary N) is 1. The molecule has 6 heteroatoms. The third-order valence-corrected chi connectivity index (χ3v) is 4.56. The van der Waals surface area contributed by atoms with E-state index in [4.69, 9.17) is 4.74 Å². The number of aryl methyl sites for hydroxylation is 2. The van der Waals surface area contributed by atoms with Gasteiger partial charge in [-0.1, -0.05) is 12.1 Å². The molecule has 112 valence electrons. The van der Waals surface area contributed by atoms with Crippen LogP contribution in [-0.4, -0.2) is 23.3 Å². The standard InChI is InChI=1S/C16H16N4OS/c1-10-11(2)22-16-14(10)15(17-9-18-16)20-19-8-12-5-4-6-13(7-12)21-3/h4-9H,1-3H3,(H,17,18,20)/b19-8-. The second kappa shape index (κ2) is 6.11. The second-order valence-corrected chi connectivity index (χ2v) is 6.04. The van der Waals surface area contributed by atoms with Gasteiger partial charge in [0, 0.05) is 4.88 Å². The maximum absolute atomic E-state index is 5.19. The number of ether oxygens (including phenoxy) is 1. The fourth-order valence-electron chi connectivity index (χ4n) is 2.16. The molecule has 0 spiro atoms. The number of thiophene rings is 1. The highest BCUT2D eigenvalue weighted by molar-refractivity contribution is 7.18. The van der Waals surface area contributed by atoms with Crippen LogP contribution in [0.2, 0.25) is 0 Å². The van der Waals surface area contributed by atoms with Gasteiger partial charge >= 0.3 is 0 Å². The van der Waals surface area contributed by atoms with E-state index >= 15 is 0 Å². The Labute approximate surface area is 132 Å².